The topological polar surface area (TPSA) is 9.23 Å². The number of rotatable bonds is 6. The van der Waals surface area contributed by atoms with Crippen LogP contribution in [-0.4, -0.2) is 16.4 Å². The predicted octanol–water partition coefficient (Wildman–Crippen LogP) is 2.55. The Labute approximate surface area is 111 Å². The lowest BCUT2D eigenvalue weighted by Gasteiger charge is -2.10. The van der Waals surface area contributed by atoms with E-state index in [-0.39, 0.29) is 5.92 Å². The van der Waals surface area contributed by atoms with Crippen LogP contribution in [0.2, 0.25) is 0 Å². The molecule has 0 saturated carbocycles. The fourth-order valence-corrected chi connectivity index (χ4v) is 3.28. The molecule has 0 amide bonds. The van der Waals surface area contributed by atoms with Crippen molar-refractivity contribution in [3.05, 3.63) is 67.8 Å². The molecule has 2 rings (SSSR count). The molecule has 0 aliphatic heterocycles. The lowest BCUT2D eigenvalue weighted by atomic mass is 10.1. The highest BCUT2D eigenvalue weighted by molar-refractivity contribution is 6.51. The van der Waals surface area contributed by atoms with Crippen LogP contribution in [0.25, 0.3) is 10.8 Å². The first kappa shape index (κ1) is 12.8. The van der Waals surface area contributed by atoms with E-state index < -0.39 is 9.76 Å². The first-order chi connectivity index (χ1) is 8.85. The second-order valence-corrected chi connectivity index (χ2v) is 5.75. The molecule has 0 heterocycles. The van der Waals surface area contributed by atoms with Gasteiger partial charge in [-0.05, 0) is 16.0 Å². The van der Waals surface area contributed by atoms with Crippen molar-refractivity contribution in [2.45, 2.75) is 0 Å². The fourth-order valence-electron chi connectivity index (χ4n) is 1.96. The zero-order chi connectivity index (χ0) is 12.8. The second-order valence-electron chi connectivity index (χ2n) is 4.29. The summed E-state index contributed by atoms with van der Waals surface area (Å²) in [5.41, 5.74) is 0. The van der Waals surface area contributed by atoms with Gasteiger partial charge < -0.3 is 4.43 Å². The molecule has 0 bridgehead atoms. The summed E-state index contributed by atoms with van der Waals surface area (Å²) in [5.74, 6) is 0.257. The highest BCUT2D eigenvalue weighted by Gasteiger charge is 2.03. The Bertz CT molecular complexity index is 534. The summed E-state index contributed by atoms with van der Waals surface area (Å²) in [6, 6.07) is 14.9. The summed E-state index contributed by atoms with van der Waals surface area (Å²) in [6.45, 7) is 8.24. The van der Waals surface area contributed by atoms with Crippen molar-refractivity contribution in [2.75, 3.05) is 6.61 Å². The van der Waals surface area contributed by atoms with Gasteiger partial charge in [-0.3, -0.25) is 0 Å². The minimum absolute atomic E-state index is 0.257. The summed E-state index contributed by atoms with van der Waals surface area (Å²) >= 11 is 0. The Morgan fingerprint density at radius 2 is 1.78 bits per heavy atom. The van der Waals surface area contributed by atoms with Gasteiger partial charge in [0.1, 0.15) is 0 Å². The first-order valence-corrected chi connectivity index (χ1v) is 7.43. The minimum Gasteiger partial charge on any atom is -0.418 e. The van der Waals surface area contributed by atoms with E-state index in [1.54, 1.807) is 0 Å². The summed E-state index contributed by atoms with van der Waals surface area (Å²) in [4.78, 5) is 0. The van der Waals surface area contributed by atoms with Crippen molar-refractivity contribution >= 4 is 25.7 Å². The molecule has 0 saturated heterocycles. The Hall–Kier alpha value is -1.64. The van der Waals surface area contributed by atoms with Crippen molar-refractivity contribution in [1.82, 2.24) is 0 Å². The van der Waals surface area contributed by atoms with E-state index in [0.717, 1.165) is 0 Å². The van der Waals surface area contributed by atoms with Gasteiger partial charge in [-0.1, -0.05) is 54.6 Å². The monoisotopic (exact) mass is 254 g/mol. The third kappa shape index (κ3) is 2.97. The highest BCUT2D eigenvalue weighted by atomic mass is 28.2. The third-order valence-corrected chi connectivity index (χ3v) is 4.42. The van der Waals surface area contributed by atoms with Crippen LogP contribution in [0, 0.1) is 5.92 Å². The molecule has 0 spiro atoms. The zero-order valence-corrected chi connectivity index (χ0v) is 11.9. The molecule has 92 valence electrons. The molecule has 1 nitrogen and oxygen atoms in total. The van der Waals surface area contributed by atoms with Gasteiger partial charge in [-0.15, -0.1) is 13.2 Å². The van der Waals surface area contributed by atoms with Gasteiger partial charge in [0.2, 0.25) is 0 Å². The van der Waals surface area contributed by atoms with Gasteiger partial charge >= 0.3 is 0 Å². The molecule has 18 heavy (non-hydrogen) atoms. The Balaban J connectivity index is 2.08. The smallest absolute Gasteiger partial charge is 0.192 e. The molecule has 0 radical (unpaired) electrons. The van der Waals surface area contributed by atoms with Crippen LogP contribution in [0.5, 0.6) is 0 Å². The first-order valence-electron chi connectivity index (χ1n) is 6.14. The average Bonchev–Trinajstić information content (AvgIpc) is 2.44. The van der Waals surface area contributed by atoms with Crippen molar-refractivity contribution in [2.24, 2.45) is 5.92 Å². The minimum atomic E-state index is -0.690. The van der Waals surface area contributed by atoms with E-state index >= 15 is 0 Å². The number of benzene rings is 2. The lowest BCUT2D eigenvalue weighted by molar-refractivity contribution is 0.319. The van der Waals surface area contributed by atoms with E-state index in [9.17, 15) is 0 Å². The van der Waals surface area contributed by atoms with E-state index in [2.05, 4.69) is 55.6 Å². The molecule has 0 aliphatic rings. The molecule has 2 aromatic rings. The Morgan fingerprint density at radius 3 is 2.56 bits per heavy atom. The van der Waals surface area contributed by atoms with Crippen molar-refractivity contribution in [3.63, 3.8) is 0 Å². The van der Waals surface area contributed by atoms with Gasteiger partial charge in [-0.2, -0.15) is 0 Å². The maximum atomic E-state index is 5.87. The maximum absolute atomic E-state index is 5.87. The Kier molecular flexibility index (Phi) is 4.50. The molecule has 2 heteroatoms. The maximum Gasteiger partial charge on any atom is 0.192 e. The SMILES string of the molecule is C=CC(C=C)CO[SiH2]c1cccc2ccccc12. The zero-order valence-electron chi connectivity index (χ0n) is 10.5. The van der Waals surface area contributed by atoms with Crippen LogP contribution < -0.4 is 5.19 Å². The van der Waals surface area contributed by atoms with Crippen LogP contribution in [0.15, 0.2) is 67.8 Å². The number of hydrogen-bond acceptors (Lipinski definition) is 1. The lowest BCUT2D eigenvalue weighted by Crippen LogP contribution is -2.20. The van der Waals surface area contributed by atoms with Crippen LogP contribution >= 0.6 is 0 Å². The third-order valence-electron chi connectivity index (χ3n) is 3.05. The standard InChI is InChI=1S/C16H18OSi/c1-3-13(4-2)12-17-18-16-11-7-9-14-8-5-6-10-15(14)16/h3-11,13H,1-2,12,18H2. The number of hydrogen-bond donors (Lipinski definition) is 0. The Morgan fingerprint density at radius 1 is 1.06 bits per heavy atom. The highest BCUT2D eigenvalue weighted by Crippen LogP contribution is 2.10. The van der Waals surface area contributed by atoms with Gasteiger partial charge in [0.05, 0.1) is 0 Å². The van der Waals surface area contributed by atoms with E-state index in [4.69, 9.17) is 4.43 Å². The van der Waals surface area contributed by atoms with Crippen LogP contribution in [0.3, 0.4) is 0 Å². The van der Waals surface area contributed by atoms with Gasteiger partial charge in [0.15, 0.2) is 9.76 Å². The molecule has 0 atom stereocenters. The van der Waals surface area contributed by atoms with E-state index in [1.807, 2.05) is 12.2 Å². The van der Waals surface area contributed by atoms with Gasteiger partial charge in [-0.25, -0.2) is 0 Å². The van der Waals surface area contributed by atoms with Crippen molar-refractivity contribution < 1.29 is 4.43 Å². The fraction of sp³-hybridized carbons (Fsp3) is 0.125. The van der Waals surface area contributed by atoms with Crippen molar-refractivity contribution in [1.29, 1.82) is 0 Å². The van der Waals surface area contributed by atoms with Gasteiger partial charge in [0, 0.05) is 12.5 Å². The number of fused-ring (bicyclic) bond motifs is 1. The molecule has 0 unspecified atom stereocenters. The van der Waals surface area contributed by atoms with Gasteiger partial charge in [0.25, 0.3) is 0 Å². The summed E-state index contributed by atoms with van der Waals surface area (Å²) in [7, 11) is -0.690. The molecule has 0 aliphatic carbocycles. The molecule has 0 aromatic heterocycles. The normalized spacial score (nSPS) is 11.4. The second kappa shape index (κ2) is 6.33. The van der Waals surface area contributed by atoms with Crippen LogP contribution in [0.4, 0.5) is 0 Å². The van der Waals surface area contributed by atoms with E-state index in [0.29, 0.717) is 6.61 Å². The molecule has 2 aromatic carbocycles. The largest absolute Gasteiger partial charge is 0.418 e. The summed E-state index contributed by atoms with van der Waals surface area (Å²) < 4.78 is 5.87. The van der Waals surface area contributed by atoms with Crippen molar-refractivity contribution in [3.8, 4) is 0 Å². The summed E-state index contributed by atoms with van der Waals surface area (Å²) in [6.07, 6.45) is 3.76. The van der Waals surface area contributed by atoms with Crippen LogP contribution in [-0.2, 0) is 4.43 Å². The summed E-state index contributed by atoms with van der Waals surface area (Å²) in [5, 5.41) is 3.97. The molecule has 0 N–H and O–H groups in total. The molecular formula is C16H18OSi. The van der Waals surface area contributed by atoms with E-state index in [1.165, 1.54) is 16.0 Å². The predicted molar refractivity (Wildman–Crippen MR) is 82.0 cm³/mol. The quantitative estimate of drug-likeness (QED) is 0.568. The van der Waals surface area contributed by atoms with Crippen LogP contribution in [0.1, 0.15) is 0 Å². The molecular weight excluding hydrogens is 236 g/mol. The average molecular weight is 254 g/mol. The molecule has 0 fully saturated rings.